The number of H-pyrrole nitrogens is 1. The quantitative estimate of drug-likeness (QED) is 0.785. The van der Waals surface area contributed by atoms with Crippen molar-refractivity contribution in [2.24, 2.45) is 0 Å². The third kappa shape index (κ3) is 2.93. The molecule has 0 atom stereocenters. The summed E-state index contributed by atoms with van der Waals surface area (Å²) in [5.74, 6) is 2.34. The molecule has 0 spiro atoms. The van der Waals surface area contributed by atoms with E-state index in [-0.39, 0.29) is 5.91 Å². The third-order valence-corrected chi connectivity index (χ3v) is 5.34. The number of aryl methyl sites for hydroxylation is 1. The van der Waals surface area contributed by atoms with Crippen LogP contribution in [-0.4, -0.2) is 48.5 Å². The lowest BCUT2D eigenvalue weighted by molar-refractivity contribution is -0.131. The van der Waals surface area contributed by atoms with E-state index < -0.39 is 0 Å². The van der Waals surface area contributed by atoms with Crippen LogP contribution >= 0.6 is 11.3 Å². The minimum absolute atomic E-state index is 0.156. The SMILES string of the molecule is CCc1nc(C2CCN(C(=O)Cc3cn4ccsc4n3)CC2)n[nH]1. The number of aromatic amines is 1. The van der Waals surface area contributed by atoms with Crippen LogP contribution in [0.1, 0.15) is 43.0 Å². The maximum absolute atomic E-state index is 12.5. The first-order chi connectivity index (χ1) is 11.7. The van der Waals surface area contributed by atoms with Crippen LogP contribution in [-0.2, 0) is 17.6 Å². The van der Waals surface area contributed by atoms with E-state index in [2.05, 4.69) is 27.1 Å². The predicted molar refractivity (Wildman–Crippen MR) is 91.1 cm³/mol. The van der Waals surface area contributed by atoms with Crippen LogP contribution in [0, 0.1) is 0 Å². The standard InChI is InChI=1S/C16H20N6OS/c1-2-13-18-15(20-19-13)11-3-5-21(6-4-11)14(23)9-12-10-22-7-8-24-16(22)17-12/h7-8,10-11H,2-6,9H2,1H3,(H,18,19,20). The number of nitrogens with zero attached hydrogens (tertiary/aromatic N) is 5. The Labute approximate surface area is 143 Å². The van der Waals surface area contributed by atoms with Gasteiger partial charge in [0.05, 0.1) is 12.1 Å². The number of carbonyl (C=O) groups is 1. The fourth-order valence-corrected chi connectivity index (χ4v) is 3.88. The molecular formula is C16H20N6OS. The normalized spacial score (nSPS) is 16.1. The second kappa shape index (κ2) is 6.35. The van der Waals surface area contributed by atoms with Gasteiger partial charge in [0, 0.05) is 43.2 Å². The highest BCUT2D eigenvalue weighted by Gasteiger charge is 2.26. The number of rotatable bonds is 4. The Morgan fingerprint density at radius 3 is 2.92 bits per heavy atom. The number of aromatic nitrogens is 5. The predicted octanol–water partition coefficient (Wildman–Crippen LogP) is 2.02. The van der Waals surface area contributed by atoms with Crippen molar-refractivity contribution >= 4 is 22.2 Å². The largest absolute Gasteiger partial charge is 0.342 e. The number of hydrogen-bond donors (Lipinski definition) is 1. The van der Waals surface area contributed by atoms with Crippen LogP contribution in [0.2, 0.25) is 0 Å². The Kier molecular flexibility index (Phi) is 4.05. The Hall–Kier alpha value is -2.22. The van der Waals surface area contributed by atoms with Gasteiger partial charge < -0.3 is 4.90 Å². The van der Waals surface area contributed by atoms with E-state index in [0.29, 0.717) is 12.3 Å². The first kappa shape index (κ1) is 15.3. The highest BCUT2D eigenvalue weighted by molar-refractivity contribution is 7.15. The topological polar surface area (TPSA) is 79.2 Å². The van der Waals surface area contributed by atoms with Crippen molar-refractivity contribution in [2.75, 3.05) is 13.1 Å². The third-order valence-electron chi connectivity index (χ3n) is 4.57. The second-order valence-corrected chi connectivity index (χ2v) is 7.02. The van der Waals surface area contributed by atoms with Gasteiger partial charge in [-0.2, -0.15) is 5.10 Å². The number of piperidine rings is 1. The Bertz CT molecular complexity index is 813. The Morgan fingerprint density at radius 1 is 1.38 bits per heavy atom. The Morgan fingerprint density at radius 2 is 2.21 bits per heavy atom. The lowest BCUT2D eigenvalue weighted by atomic mass is 9.96. The number of fused-ring (bicyclic) bond motifs is 1. The van der Waals surface area contributed by atoms with Gasteiger partial charge in [0.25, 0.3) is 0 Å². The molecule has 1 fully saturated rings. The molecule has 1 N–H and O–H groups in total. The number of hydrogen-bond acceptors (Lipinski definition) is 5. The van der Waals surface area contributed by atoms with E-state index in [1.807, 2.05) is 27.1 Å². The van der Waals surface area contributed by atoms with E-state index in [1.54, 1.807) is 11.3 Å². The van der Waals surface area contributed by atoms with Crippen LogP contribution in [0.3, 0.4) is 0 Å². The zero-order chi connectivity index (χ0) is 16.5. The summed E-state index contributed by atoms with van der Waals surface area (Å²) >= 11 is 1.58. The summed E-state index contributed by atoms with van der Waals surface area (Å²) in [4.78, 5) is 24.4. The molecule has 0 aromatic carbocycles. The van der Waals surface area contributed by atoms with Crippen molar-refractivity contribution in [3.63, 3.8) is 0 Å². The number of carbonyl (C=O) groups excluding carboxylic acids is 1. The van der Waals surface area contributed by atoms with Crippen LogP contribution in [0.5, 0.6) is 0 Å². The molecule has 3 aromatic rings. The van der Waals surface area contributed by atoms with Crippen molar-refractivity contribution < 1.29 is 4.79 Å². The van der Waals surface area contributed by atoms with E-state index >= 15 is 0 Å². The molecule has 0 aliphatic carbocycles. The molecule has 4 rings (SSSR count). The van der Waals surface area contributed by atoms with E-state index in [4.69, 9.17) is 0 Å². The highest BCUT2D eigenvalue weighted by Crippen LogP contribution is 2.26. The molecule has 24 heavy (non-hydrogen) atoms. The maximum atomic E-state index is 12.5. The summed E-state index contributed by atoms with van der Waals surface area (Å²) in [6.07, 6.45) is 6.99. The van der Waals surface area contributed by atoms with Gasteiger partial charge in [0.1, 0.15) is 5.82 Å². The number of thiazole rings is 1. The number of imidazole rings is 1. The second-order valence-electron chi connectivity index (χ2n) is 6.15. The molecule has 1 amide bonds. The van der Waals surface area contributed by atoms with Crippen molar-refractivity contribution in [1.82, 2.24) is 29.5 Å². The van der Waals surface area contributed by atoms with Gasteiger partial charge >= 0.3 is 0 Å². The lowest BCUT2D eigenvalue weighted by Crippen LogP contribution is -2.39. The summed E-state index contributed by atoms with van der Waals surface area (Å²) in [5.41, 5.74) is 0.843. The molecule has 4 heterocycles. The average Bonchev–Trinajstić information content (AvgIpc) is 3.30. The highest BCUT2D eigenvalue weighted by atomic mass is 32.1. The van der Waals surface area contributed by atoms with E-state index in [1.165, 1.54) is 0 Å². The minimum atomic E-state index is 0.156. The molecule has 1 saturated heterocycles. The van der Waals surface area contributed by atoms with Gasteiger partial charge in [0.2, 0.25) is 5.91 Å². The molecule has 126 valence electrons. The molecule has 7 nitrogen and oxygen atoms in total. The number of amides is 1. The molecule has 0 unspecified atom stereocenters. The zero-order valence-electron chi connectivity index (χ0n) is 13.6. The molecule has 8 heteroatoms. The molecule has 0 saturated carbocycles. The van der Waals surface area contributed by atoms with E-state index in [9.17, 15) is 4.79 Å². The molecule has 0 radical (unpaired) electrons. The van der Waals surface area contributed by atoms with Crippen LogP contribution in [0.25, 0.3) is 4.96 Å². The first-order valence-corrected chi connectivity index (χ1v) is 9.21. The Balaban J connectivity index is 1.34. The van der Waals surface area contributed by atoms with Crippen LogP contribution in [0.15, 0.2) is 17.8 Å². The van der Waals surface area contributed by atoms with Gasteiger partial charge in [-0.15, -0.1) is 11.3 Å². The van der Waals surface area contributed by atoms with E-state index in [0.717, 1.165) is 54.7 Å². The first-order valence-electron chi connectivity index (χ1n) is 8.33. The minimum Gasteiger partial charge on any atom is -0.342 e. The maximum Gasteiger partial charge on any atom is 0.228 e. The summed E-state index contributed by atoms with van der Waals surface area (Å²) in [6, 6.07) is 0. The zero-order valence-corrected chi connectivity index (χ0v) is 14.4. The molecule has 3 aromatic heterocycles. The van der Waals surface area contributed by atoms with Gasteiger partial charge in [-0.3, -0.25) is 14.3 Å². The van der Waals surface area contributed by atoms with Crippen molar-refractivity contribution in [1.29, 1.82) is 0 Å². The summed E-state index contributed by atoms with van der Waals surface area (Å²) in [7, 11) is 0. The van der Waals surface area contributed by atoms with Gasteiger partial charge in [-0.05, 0) is 12.8 Å². The number of likely N-dealkylation sites (tertiary alicyclic amines) is 1. The monoisotopic (exact) mass is 344 g/mol. The van der Waals surface area contributed by atoms with Gasteiger partial charge in [-0.1, -0.05) is 6.92 Å². The molecular weight excluding hydrogens is 324 g/mol. The fraction of sp³-hybridized carbons (Fsp3) is 0.500. The lowest BCUT2D eigenvalue weighted by Gasteiger charge is -2.30. The van der Waals surface area contributed by atoms with Crippen LogP contribution < -0.4 is 0 Å². The summed E-state index contributed by atoms with van der Waals surface area (Å²) < 4.78 is 1.97. The van der Waals surface area contributed by atoms with Crippen molar-refractivity contribution in [2.45, 2.75) is 38.5 Å². The summed E-state index contributed by atoms with van der Waals surface area (Å²) in [6.45, 7) is 3.59. The van der Waals surface area contributed by atoms with Crippen molar-refractivity contribution in [3.8, 4) is 0 Å². The molecule has 0 bridgehead atoms. The summed E-state index contributed by atoms with van der Waals surface area (Å²) in [5, 5.41) is 9.29. The van der Waals surface area contributed by atoms with Gasteiger partial charge in [-0.25, -0.2) is 9.97 Å². The molecule has 1 aliphatic heterocycles. The average molecular weight is 344 g/mol. The van der Waals surface area contributed by atoms with Crippen LogP contribution in [0.4, 0.5) is 0 Å². The van der Waals surface area contributed by atoms with Gasteiger partial charge in [0.15, 0.2) is 10.8 Å². The fourth-order valence-electron chi connectivity index (χ4n) is 3.17. The number of nitrogens with one attached hydrogen (secondary N) is 1. The van der Waals surface area contributed by atoms with Crippen molar-refractivity contribution in [3.05, 3.63) is 35.1 Å². The molecule has 1 aliphatic rings. The smallest absolute Gasteiger partial charge is 0.228 e.